The second-order valence-electron chi connectivity index (χ2n) is 4.85. The van der Waals surface area contributed by atoms with Crippen LogP contribution in [0.25, 0.3) is 0 Å². The molecule has 0 bridgehead atoms. The molecule has 0 aromatic heterocycles. The second-order valence-corrected chi connectivity index (χ2v) is 4.85. The van der Waals surface area contributed by atoms with Gasteiger partial charge in [0.1, 0.15) is 29.4 Å². The van der Waals surface area contributed by atoms with Crippen LogP contribution < -0.4 is 4.74 Å². The Balaban J connectivity index is 2.17. The molecule has 5 heteroatoms. The molecule has 2 aromatic carbocycles. The van der Waals surface area contributed by atoms with Gasteiger partial charge in [0.2, 0.25) is 5.78 Å². The minimum absolute atomic E-state index is 0.0183. The van der Waals surface area contributed by atoms with Crippen LogP contribution in [0.2, 0.25) is 0 Å². The van der Waals surface area contributed by atoms with Gasteiger partial charge in [-0.15, -0.1) is 0 Å². The summed E-state index contributed by atoms with van der Waals surface area (Å²) in [6, 6.07) is 11.4. The number of ether oxygens (including phenoxy) is 2. The lowest BCUT2D eigenvalue weighted by molar-refractivity contribution is -0.0348. The van der Waals surface area contributed by atoms with Gasteiger partial charge in [-0.05, 0) is 5.56 Å². The van der Waals surface area contributed by atoms with Crippen LogP contribution in [0.3, 0.4) is 0 Å². The van der Waals surface area contributed by atoms with E-state index in [0.717, 1.165) is 6.07 Å². The van der Waals surface area contributed by atoms with Crippen molar-refractivity contribution in [2.45, 2.75) is 5.60 Å². The maximum atomic E-state index is 12.9. The van der Waals surface area contributed by atoms with Gasteiger partial charge in [-0.3, -0.25) is 4.79 Å². The fourth-order valence-electron chi connectivity index (χ4n) is 2.57. The summed E-state index contributed by atoms with van der Waals surface area (Å²) < 4.78 is 11.0. The number of fused-ring (bicyclic) bond motifs is 1. The number of phenolic OH excluding ortho intramolecular Hbond substituents is 2. The highest BCUT2D eigenvalue weighted by atomic mass is 16.5. The maximum Gasteiger partial charge on any atom is 0.210 e. The molecule has 0 spiro atoms. The highest BCUT2D eigenvalue weighted by Crippen LogP contribution is 2.43. The summed E-state index contributed by atoms with van der Waals surface area (Å²) in [7, 11) is 1.43. The molecule has 1 heterocycles. The fourth-order valence-corrected chi connectivity index (χ4v) is 2.57. The number of aromatic hydroxyl groups is 2. The highest BCUT2D eigenvalue weighted by Gasteiger charge is 2.47. The summed E-state index contributed by atoms with van der Waals surface area (Å²) in [5, 5.41) is 19.4. The largest absolute Gasteiger partial charge is 0.508 e. The van der Waals surface area contributed by atoms with E-state index in [2.05, 4.69) is 0 Å². The van der Waals surface area contributed by atoms with Crippen molar-refractivity contribution in [3.8, 4) is 17.2 Å². The fraction of sp³-hybridized carbons (Fsp3) is 0.188. The predicted molar refractivity (Wildman–Crippen MR) is 74.7 cm³/mol. The summed E-state index contributed by atoms with van der Waals surface area (Å²) in [5.41, 5.74) is -0.636. The number of phenols is 2. The molecule has 0 amide bonds. The Hall–Kier alpha value is -2.53. The van der Waals surface area contributed by atoms with Crippen LogP contribution in [0.1, 0.15) is 15.9 Å². The van der Waals surface area contributed by atoms with E-state index in [1.165, 1.54) is 13.2 Å². The number of ketones is 1. The first-order chi connectivity index (χ1) is 10.1. The van der Waals surface area contributed by atoms with Crippen LogP contribution >= 0.6 is 0 Å². The van der Waals surface area contributed by atoms with E-state index in [0.29, 0.717) is 5.56 Å². The van der Waals surface area contributed by atoms with Crippen molar-refractivity contribution in [2.75, 3.05) is 13.7 Å². The van der Waals surface area contributed by atoms with Gasteiger partial charge in [-0.2, -0.15) is 0 Å². The summed E-state index contributed by atoms with van der Waals surface area (Å²) in [6.07, 6.45) is 0. The molecule has 1 atom stereocenters. The first-order valence-corrected chi connectivity index (χ1v) is 6.43. The average molecular weight is 286 g/mol. The van der Waals surface area contributed by atoms with Crippen molar-refractivity contribution in [3.05, 3.63) is 53.6 Å². The molecule has 21 heavy (non-hydrogen) atoms. The first kappa shape index (κ1) is 13.5. The molecule has 108 valence electrons. The predicted octanol–water partition coefficient (Wildman–Crippen LogP) is 2.21. The Kier molecular flexibility index (Phi) is 3.07. The molecular weight excluding hydrogens is 272 g/mol. The highest BCUT2D eigenvalue weighted by molar-refractivity contribution is 6.08. The van der Waals surface area contributed by atoms with E-state index >= 15 is 0 Å². The van der Waals surface area contributed by atoms with Gasteiger partial charge in [-0.25, -0.2) is 0 Å². The second kappa shape index (κ2) is 4.79. The Bertz CT molecular complexity index is 695. The van der Waals surface area contributed by atoms with Crippen LogP contribution in [0.4, 0.5) is 0 Å². The minimum atomic E-state index is -1.30. The van der Waals surface area contributed by atoms with Crippen molar-refractivity contribution in [1.29, 1.82) is 0 Å². The van der Waals surface area contributed by atoms with Crippen LogP contribution in [-0.2, 0) is 10.3 Å². The molecule has 0 aliphatic carbocycles. The van der Waals surface area contributed by atoms with Gasteiger partial charge < -0.3 is 19.7 Å². The van der Waals surface area contributed by atoms with Crippen molar-refractivity contribution in [2.24, 2.45) is 0 Å². The van der Waals surface area contributed by atoms with Crippen LogP contribution in [0, 0.1) is 0 Å². The molecule has 1 aliphatic rings. The number of methoxy groups -OCH3 is 1. The summed E-state index contributed by atoms with van der Waals surface area (Å²) in [6.45, 7) is -0.0256. The van der Waals surface area contributed by atoms with E-state index in [4.69, 9.17) is 9.47 Å². The van der Waals surface area contributed by atoms with Gasteiger partial charge in [-0.1, -0.05) is 30.3 Å². The Morgan fingerprint density at radius 2 is 1.90 bits per heavy atom. The zero-order valence-electron chi connectivity index (χ0n) is 11.4. The lowest BCUT2D eigenvalue weighted by atomic mass is 9.84. The SMILES string of the molecule is COC1(c2ccccc2)COc2cc(O)cc(O)c2C1=O. The van der Waals surface area contributed by atoms with E-state index in [9.17, 15) is 15.0 Å². The van der Waals surface area contributed by atoms with Crippen LogP contribution in [0.5, 0.6) is 17.2 Å². The molecule has 0 saturated carbocycles. The third kappa shape index (κ3) is 1.94. The maximum absolute atomic E-state index is 12.9. The molecule has 0 fully saturated rings. The summed E-state index contributed by atoms with van der Waals surface area (Å²) >= 11 is 0. The first-order valence-electron chi connectivity index (χ1n) is 6.43. The Labute approximate surface area is 121 Å². The van der Waals surface area contributed by atoms with Gasteiger partial charge in [0, 0.05) is 19.2 Å². The van der Waals surface area contributed by atoms with Crippen molar-refractivity contribution >= 4 is 5.78 Å². The molecular formula is C16H14O5. The zero-order valence-corrected chi connectivity index (χ0v) is 11.4. The molecule has 1 aliphatic heterocycles. The van der Waals surface area contributed by atoms with Gasteiger partial charge >= 0.3 is 0 Å². The lowest BCUT2D eigenvalue weighted by Crippen LogP contribution is -2.46. The monoisotopic (exact) mass is 286 g/mol. The van der Waals surface area contributed by atoms with Crippen LogP contribution in [0.15, 0.2) is 42.5 Å². The Morgan fingerprint density at radius 3 is 2.57 bits per heavy atom. The van der Waals surface area contributed by atoms with E-state index in [1.54, 1.807) is 24.3 Å². The number of hydrogen-bond donors (Lipinski definition) is 2. The van der Waals surface area contributed by atoms with Gasteiger partial charge in [0.25, 0.3) is 0 Å². The van der Waals surface area contributed by atoms with Gasteiger partial charge in [0.15, 0.2) is 5.60 Å². The number of hydrogen-bond acceptors (Lipinski definition) is 5. The number of rotatable bonds is 2. The number of benzene rings is 2. The summed E-state index contributed by atoms with van der Waals surface area (Å²) in [5.74, 6) is -0.730. The number of Topliss-reactive ketones (excluding diaryl/α,β-unsaturated/α-hetero) is 1. The van der Waals surface area contributed by atoms with Crippen LogP contribution in [-0.4, -0.2) is 29.7 Å². The van der Waals surface area contributed by atoms with Crippen molar-refractivity contribution in [1.82, 2.24) is 0 Å². The van der Waals surface area contributed by atoms with E-state index in [1.807, 2.05) is 6.07 Å². The molecule has 2 N–H and O–H groups in total. The standard InChI is InChI=1S/C16H14O5/c1-20-16(10-5-3-2-4-6-10)9-21-13-8-11(17)7-12(18)14(13)15(16)19/h2-8,17-18H,9H2,1H3. The molecule has 1 unspecified atom stereocenters. The van der Waals surface area contributed by atoms with E-state index in [-0.39, 0.29) is 29.4 Å². The van der Waals surface area contributed by atoms with Crippen molar-refractivity contribution in [3.63, 3.8) is 0 Å². The van der Waals surface area contributed by atoms with Gasteiger partial charge in [0.05, 0.1) is 0 Å². The number of carbonyl (C=O) groups is 1. The van der Waals surface area contributed by atoms with E-state index < -0.39 is 11.4 Å². The zero-order chi connectivity index (χ0) is 15.0. The number of carbonyl (C=O) groups excluding carboxylic acids is 1. The smallest absolute Gasteiger partial charge is 0.210 e. The molecule has 0 saturated heterocycles. The summed E-state index contributed by atoms with van der Waals surface area (Å²) in [4.78, 5) is 12.9. The molecule has 0 radical (unpaired) electrons. The normalized spacial score (nSPS) is 20.7. The quantitative estimate of drug-likeness (QED) is 0.885. The Morgan fingerprint density at radius 1 is 1.19 bits per heavy atom. The molecule has 2 aromatic rings. The lowest BCUT2D eigenvalue weighted by Gasteiger charge is -2.35. The minimum Gasteiger partial charge on any atom is -0.508 e. The third-order valence-corrected chi connectivity index (χ3v) is 3.68. The van der Waals surface area contributed by atoms with Crippen molar-refractivity contribution < 1.29 is 24.5 Å². The topological polar surface area (TPSA) is 76.0 Å². The molecule has 5 nitrogen and oxygen atoms in total. The average Bonchev–Trinajstić information content (AvgIpc) is 2.48. The third-order valence-electron chi connectivity index (χ3n) is 3.68. The molecule has 3 rings (SSSR count).